The van der Waals surface area contributed by atoms with Crippen LogP contribution in [0, 0.1) is 0 Å². The summed E-state index contributed by atoms with van der Waals surface area (Å²) in [5.41, 5.74) is 4.13. The van der Waals surface area contributed by atoms with Crippen LogP contribution in [-0.2, 0) is 6.18 Å². The molecule has 0 saturated carbocycles. The lowest BCUT2D eigenvalue weighted by Crippen LogP contribution is -2.22. The number of anilines is 1. The molecule has 2 rings (SSSR count). The summed E-state index contributed by atoms with van der Waals surface area (Å²) in [4.78, 5) is 11.7. The van der Waals surface area contributed by atoms with Gasteiger partial charge in [-0.1, -0.05) is 6.07 Å². The van der Waals surface area contributed by atoms with Crippen LogP contribution < -0.4 is 11.3 Å². The first-order valence-electron chi connectivity index (χ1n) is 5.02. The number of hydrogen-bond donors (Lipinski definition) is 1. The molecule has 0 aliphatic carbocycles. The number of nitrogens with two attached hydrogens (primary N) is 1. The van der Waals surface area contributed by atoms with Crippen molar-refractivity contribution < 1.29 is 13.2 Å². The zero-order valence-electron chi connectivity index (χ0n) is 9.28. The Balaban J connectivity index is 2.60. The second kappa shape index (κ2) is 4.69. The van der Waals surface area contributed by atoms with E-state index in [2.05, 4.69) is 21.0 Å². The summed E-state index contributed by atoms with van der Waals surface area (Å²) in [6.07, 6.45) is -4.48. The minimum Gasteiger partial charge on any atom is -0.396 e. The van der Waals surface area contributed by atoms with Crippen LogP contribution >= 0.6 is 15.9 Å². The lowest BCUT2D eigenvalue weighted by molar-refractivity contribution is -0.137. The van der Waals surface area contributed by atoms with E-state index in [0.717, 1.165) is 22.9 Å². The maximum Gasteiger partial charge on any atom is 0.416 e. The number of rotatable bonds is 1. The van der Waals surface area contributed by atoms with E-state index >= 15 is 0 Å². The highest BCUT2D eigenvalue weighted by atomic mass is 79.9. The van der Waals surface area contributed by atoms with Gasteiger partial charge >= 0.3 is 6.18 Å². The van der Waals surface area contributed by atoms with Crippen molar-refractivity contribution in [3.8, 4) is 5.69 Å². The highest BCUT2D eigenvalue weighted by Crippen LogP contribution is 2.30. The Morgan fingerprint density at radius 2 is 1.95 bits per heavy atom. The van der Waals surface area contributed by atoms with Crippen LogP contribution in [0.3, 0.4) is 0 Å². The predicted molar refractivity (Wildman–Crippen MR) is 66.9 cm³/mol. The molecule has 0 aliphatic heterocycles. The van der Waals surface area contributed by atoms with Crippen molar-refractivity contribution >= 4 is 21.6 Å². The molecule has 0 unspecified atom stereocenters. The molecule has 1 aromatic carbocycles. The topological polar surface area (TPSA) is 60.9 Å². The average Bonchev–Trinajstić information content (AvgIpc) is 2.33. The molecular formula is C11H7BrF3N3O. The number of hydrogen-bond acceptors (Lipinski definition) is 3. The minimum atomic E-state index is -4.48. The zero-order chi connectivity index (χ0) is 14.2. The van der Waals surface area contributed by atoms with Crippen molar-refractivity contribution in [2.45, 2.75) is 6.18 Å². The fraction of sp³-hybridized carbons (Fsp3) is 0.0909. The van der Waals surface area contributed by atoms with Gasteiger partial charge in [-0.3, -0.25) is 4.79 Å². The summed E-state index contributed by atoms with van der Waals surface area (Å²) in [6.45, 7) is 0. The molecule has 0 bridgehead atoms. The summed E-state index contributed by atoms with van der Waals surface area (Å²) in [5, 5.41) is 3.79. The molecule has 4 nitrogen and oxygen atoms in total. The van der Waals surface area contributed by atoms with Crippen LogP contribution in [0.1, 0.15) is 5.56 Å². The van der Waals surface area contributed by atoms with Crippen LogP contribution in [0.25, 0.3) is 5.69 Å². The van der Waals surface area contributed by atoms with Crippen LogP contribution in [0.15, 0.2) is 39.7 Å². The Morgan fingerprint density at radius 3 is 2.58 bits per heavy atom. The first-order chi connectivity index (χ1) is 8.79. The number of nitrogens with zero attached hydrogens (tertiary/aromatic N) is 2. The van der Waals surface area contributed by atoms with Gasteiger partial charge in [-0.05, 0) is 34.1 Å². The monoisotopic (exact) mass is 333 g/mol. The molecule has 2 N–H and O–H groups in total. The van der Waals surface area contributed by atoms with Crippen molar-refractivity contribution in [2.75, 3.05) is 5.73 Å². The zero-order valence-corrected chi connectivity index (χ0v) is 10.9. The van der Waals surface area contributed by atoms with Crippen LogP contribution in [0.5, 0.6) is 0 Å². The molecule has 0 radical (unpaired) electrons. The van der Waals surface area contributed by atoms with Crippen molar-refractivity contribution in [2.24, 2.45) is 0 Å². The van der Waals surface area contributed by atoms with E-state index in [1.807, 2.05) is 0 Å². The van der Waals surface area contributed by atoms with Crippen molar-refractivity contribution in [1.82, 2.24) is 9.78 Å². The van der Waals surface area contributed by atoms with Gasteiger partial charge in [0.15, 0.2) is 0 Å². The highest BCUT2D eigenvalue weighted by Gasteiger charge is 2.30. The summed E-state index contributed by atoms with van der Waals surface area (Å²) < 4.78 is 38.8. The number of aromatic nitrogens is 2. The van der Waals surface area contributed by atoms with Crippen molar-refractivity contribution in [3.05, 3.63) is 50.9 Å². The van der Waals surface area contributed by atoms with Gasteiger partial charge in [0.25, 0.3) is 5.56 Å². The Morgan fingerprint density at radius 1 is 1.26 bits per heavy atom. The summed E-state index contributed by atoms with van der Waals surface area (Å²) in [6, 6.07) is 5.40. The van der Waals surface area contributed by atoms with Crippen molar-refractivity contribution in [3.63, 3.8) is 0 Å². The Labute approximate surface area is 113 Å². The molecule has 100 valence electrons. The summed E-state index contributed by atoms with van der Waals surface area (Å²) in [7, 11) is 0. The van der Waals surface area contributed by atoms with E-state index in [9.17, 15) is 18.0 Å². The Kier molecular flexibility index (Phi) is 3.36. The molecule has 2 aromatic rings. The van der Waals surface area contributed by atoms with Gasteiger partial charge < -0.3 is 5.73 Å². The largest absolute Gasteiger partial charge is 0.416 e. The molecule has 19 heavy (non-hydrogen) atoms. The minimum absolute atomic E-state index is 0.0144. The predicted octanol–water partition coefficient (Wildman–Crippen LogP) is 2.60. The summed E-state index contributed by atoms with van der Waals surface area (Å²) >= 11 is 3.02. The molecule has 0 atom stereocenters. The van der Waals surface area contributed by atoms with E-state index in [0.29, 0.717) is 0 Å². The first kappa shape index (κ1) is 13.6. The number of benzene rings is 1. The van der Waals surface area contributed by atoms with E-state index in [4.69, 9.17) is 5.73 Å². The van der Waals surface area contributed by atoms with Gasteiger partial charge in [0.05, 0.1) is 16.9 Å². The van der Waals surface area contributed by atoms with Gasteiger partial charge in [-0.15, -0.1) is 0 Å². The number of alkyl halides is 3. The lowest BCUT2D eigenvalue weighted by Gasteiger charge is -2.10. The third-order valence-corrected chi connectivity index (χ3v) is 2.95. The normalized spacial score (nSPS) is 11.6. The Hall–Kier alpha value is -1.83. The maximum atomic E-state index is 12.6. The van der Waals surface area contributed by atoms with Gasteiger partial charge in [-0.25, -0.2) is 0 Å². The van der Waals surface area contributed by atoms with Crippen LogP contribution in [0.4, 0.5) is 18.9 Å². The molecule has 0 spiro atoms. The first-order valence-corrected chi connectivity index (χ1v) is 5.81. The fourth-order valence-electron chi connectivity index (χ4n) is 1.45. The average molecular weight is 334 g/mol. The van der Waals surface area contributed by atoms with Crippen LogP contribution in [0.2, 0.25) is 0 Å². The van der Waals surface area contributed by atoms with E-state index in [-0.39, 0.29) is 16.0 Å². The molecule has 1 aromatic heterocycles. The molecule has 1 heterocycles. The molecule has 0 amide bonds. The standard InChI is InChI=1S/C11H7BrF3N3O/c12-10-8(16)5-9(19)18(17-10)7-3-1-2-6(4-7)11(13,14)15/h1-5H,16H2. The molecule has 0 aliphatic rings. The highest BCUT2D eigenvalue weighted by molar-refractivity contribution is 9.10. The van der Waals surface area contributed by atoms with Crippen LogP contribution in [-0.4, -0.2) is 9.78 Å². The van der Waals surface area contributed by atoms with Gasteiger partial charge in [0.1, 0.15) is 4.60 Å². The second-order valence-corrected chi connectivity index (χ2v) is 4.44. The molecule has 8 heteroatoms. The van der Waals surface area contributed by atoms with Gasteiger partial charge in [0, 0.05) is 6.07 Å². The van der Waals surface area contributed by atoms with E-state index in [1.54, 1.807) is 0 Å². The second-order valence-electron chi connectivity index (χ2n) is 3.69. The third-order valence-electron chi connectivity index (χ3n) is 2.33. The number of nitrogen functional groups attached to an aromatic ring is 1. The molecular weight excluding hydrogens is 327 g/mol. The van der Waals surface area contributed by atoms with Crippen molar-refractivity contribution in [1.29, 1.82) is 0 Å². The Bertz CT molecular complexity index is 682. The SMILES string of the molecule is Nc1cc(=O)n(-c2cccc(C(F)(F)F)c2)nc1Br. The number of halogens is 4. The van der Waals surface area contributed by atoms with E-state index in [1.165, 1.54) is 12.1 Å². The lowest BCUT2D eigenvalue weighted by atomic mass is 10.2. The quantitative estimate of drug-likeness (QED) is 0.872. The maximum absolute atomic E-state index is 12.6. The van der Waals surface area contributed by atoms with Gasteiger partial charge in [-0.2, -0.15) is 23.0 Å². The molecule has 0 saturated heterocycles. The third kappa shape index (κ3) is 2.78. The summed E-state index contributed by atoms with van der Waals surface area (Å²) in [5.74, 6) is 0. The van der Waals surface area contributed by atoms with Gasteiger partial charge in [0.2, 0.25) is 0 Å². The molecule has 0 fully saturated rings. The smallest absolute Gasteiger partial charge is 0.396 e. The fourth-order valence-corrected chi connectivity index (χ4v) is 1.72. The van der Waals surface area contributed by atoms with E-state index < -0.39 is 17.3 Å².